The largest absolute Gasteiger partial charge is 0.506 e. The third-order valence-electron chi connectivity index (χ3n) is 3.35. The van der Waals surface area contributed by atoms with Gasteiger partial charge >= 0.3 is 8.80 Å². The average Bonchev–Trinajstić information content (AvgIpc) is 2.51. The molecule has 0 aliphatic rings. The summed E-state index contributed by atoms with van der Waals surface area (Å²) in [5.74, 6) is 0. The van der Waals surface area contributed by atoms with Crippen molar-refractivity contribution >= 4 is 8.80 Å². The van der Waals surface area contributed by atoms with Crippen molar-refractivity contribution in [1.82, 2.24) is 5.32 Å². The quantitative estimate of drug-likeness (QED) is 0.532. The van der Waals surface area contributed by atoms with Gasteiger partial charge in [0.25, 0.3) is 0 Å². The van der Waals surface area contributed by atoms with Crippen LogP contribution in [0.1, 0.15) is 31.7 Å². The lowest BCUT2D eigenvalue weighted by atomic mass is 10.2. The summed E-state index contributed by atoms with van der Waals surface area (Å²) in [6.07, 6.45) is 3.21. The summed E-state index contributed by atoms with van der Waals surface area (Å²) in [5, 5.41) is 3.20. The van der Waals surface area contributed by atoms with Crippen molar-refractivity contribution in [3.05, 3.63) is 35.9 Å². The first kappa shape index (κ1) is 17.3. The fourth-order valence-electron chi connectivity index (χ4n) is 2.08. The minimum absolute atomic E-state index is 0.0229. The standard InChI is InChI=1S/C15H27NO3Si/c1-5-6-12-15(16-2)19-20(17-3,18-4)13-14-10-8-7-9-11-14/h7-11,15-16H,5-6,12-13H2,1-4H3. The van der Waals surface area contributed by atoms with Gasteiger partial charge in [0.2, 0.25) is 0 Å². The third kappa shape index (κ3) is 5.34. The third-order valence-corrected chi connectivity index (χ3v) is 6.08. The predicted molar refractivity (Wildman–Crippen MR) is 83.4 cm³/mol. The summed E-state index contributed by atoms with van der Waals surface area (Å²) < 4.78 is 17.5. The Kier molecular flexibility index (Phi) is 8.02. The molecule has 0 aliphatic heterocycles. The minimum Gasteiger partial charge on any atom is -0.377 e. The van der Waals surface area contributed by atoms with E-state index in [0.717, 1.165) is 19.3 Å². The van der Waals surface area contributed by atoms with E-state index < -0.39 is 8.80 Å². The molecule has 1 atom stereocenters. The van der Waals surface area contributed by atoms with Crippen LogP contribution in [0.2, 0.25) is 0 Å². The first-order valence-corrected chi connectivity index (χ1v) is 9.12. The van der Waals surface area contributed by atoms with E-state index in [9.17, 15) is 0 Å². The van der Waals surface area contributed by atoms with Crippen molar-refractivity contribution in [1.29, 1.82) is 0 Å². The molecular formula is C15H27NO3Si. The highest BCUT2D eigenvalue weighted by molar-refractivity contribution is 6.60. The van der Waals surface area contributed by atoms with Crippen LogP contribution in [0.25, 0.3) is 0 Å². The van der Waals surface area contributed by atoms with Crippen LogP contribution in [-0.2, 0) is 19.3 Å². The Balaban J connectivity index is 2.74. The van der Waals surface area contributed by atoms with Crippen LogP contribution in [0, 0.1) is 0 Å². The normalized spacial score (nSPS) is 13.4. The van der Waals surface area contributed by atoms with Crippen LogP contribution in [0.3, 0.4) is 0 Å². The van der Waals surface area contributed by atoms with Gasteiger partial charge in [-0.05, 0) is 25.5 Å². The summed E-state index contributed by atoms with van der Waals surface area (Å²) in [4.78, 5) is 0. The van der Waals surface area contributed by atoms with Gasteiger partial charge in [0.05, 0.1) is 0 Å². The van der Waals surface area contributed by atoms with Crippen LogP contribution in [0.5, 0.6) is 0 Å². The van der Waals surface area contributed by atoms with Crippen molar-refractivity contribution in [2.45, 2.75) is 38.5 Å². The second-order valence-corrected chi connectivity index (χ2v) is 7.56. The van der Waals surface area contributed by atoms with Crippen molar-refractivity contribution < 1.29 is 13.3 Å². The number of hydrogen-bond donors (Lipinski definition) is 1. The molecule has 0 saturated heterocycles. The predicted octanol–water partition coefficient (Wildman–Crippen LogP) is 2.75. The maximum Gasteiger partial charge on any atom is 0.506 e. The summed E-state index contributed by atoms with van der Waals surface area (Å²) in [6.45, 7) is 2.17. The zero-order valence-corrected chi connectivity index (χ0v) is 14.0. The first-order chi connectivity index (χ1) is 9.69. The molecule has 0 radical (unpaired) electrons. The Bertz CT molecular complexity index is 357. The van der Waals surface area contributed by atoms with Crippen molar-refractivity contribution in [2.24, 2.45) is 0 Å². The van der Waals surface area contributed by atoms with Crippen LogP contribution < -0.4 is 5.32 Å². The molecule has 0 spiro atoms. The number of unbranched alkanes of at least 4 members (excludes halogenated alkanes) is 1. The first-order valence-electron chi connectivity index (χ1n) is 7.19. The Morgan fingerprint density at radius 1 is 1.15 bits per heavy atom. The Morgan fingerprint density at radius 3 is 2.30 bits per heavy atom. The molecule has 1 aromatic carbocycles. The summed E-state index contributed by atoms with van der Waals surface area (Å²) >= 11 is 0. The van der Waals surface area contributed by atoms with Gasteiger partial charge in [-0.1, -0.05) is 43.7 Å². The topological polar surface area (TPSA) is 39.7 Å². The maximum atomic E-state index is 6.18. The number of benzene rings is 1. The van der Waals surface area contributed by atoms with Gasteiger partial charge in [0, 0.05) is 20.3 Å². The molecule has 0 saturated carbocycles. The molecule has 1 aromatic rings. The summed E-state index contributed by atoms with van der Waals surface area (Å²) in [6, 6.07) is 10.9. The molecule has 0 amide bonds. The molecule has 114 valence electrons. The lowest BCUT2D eigenvalue weighted by molar-refractivity contribution is 0.0370. The molecule has 0 aromatic heterocycles. The van der Waals surface area contributed by atoms with E-state index >= 15 is 0 Å². The van der Waals surface area contributed by atoms with Gasteiger partial charge in [0.15, 0.2) is 0 Å². The van der Waals surface area contributed by atoms with Crippen molar-refractivity contribution in [3.63, 3.8) is 0 Å². The second kappa shape index (κ2) is 9.26. The van der Waals surface area contributed by atoms with E-state index in [2.05, 4.69) is 24.4 Å². The van der Waals surface area contributed by atoms with E-state index in [-0.39, 0.29) is 6.23 Å². The van der Waals surface area contributed by atoms with Gasteiger partial charge in [-0.3, -0.25) is 5.32 Å². The Hall–Kier alpha value is -0.723. The van der Waals surface area contributed by atoms with E-state index in [0.29, 0.717) is 6.04 Å². The zero-order valence-electron chi connectivity index (χ0n) is 13.0. The highest BCUT2D eigenvalue weighted by Crippen LogP contribution is 2.18. The van der Waals surface area contributed by atoms with E-state index in [1.807, 2.05) is 25.2 Å². The van der Waals surface area contributed by atoms with Gasteiger partial charge in [-0.15, -0.1) is 0 Å². The second-order valence-electron chi connectivity index (χ2n) is 4.79. The highest BCUT2D eigenvalue weighted by atomic mass is 28.4. The maximum absolute atomic E-state index is 6.18. The molecule has 1 rings (SSSR count). The zero-order chi connectivity index (χ0) is 14.8. The van der Waals surface area contributed by atoms with Crippen LogP contribution in [0.4, 0.5) is 0 Å². The lowest BCUT2D eigenvalue weighted by Gasteiger charge is -2.31. The molecule has 4 nitrogen and oxygen atoms in total. The lowest BCUT2D eigenvalue weighted by Crippen LogP contribution is -2.51. The van der Waals surface area contributed by atoms with Crippen LogP contribution in [-0.4, -0.2) is 36.3 Å². The molecule has 0 heterocycles. The molecule has 20 heavy (non-hydrogen) atoms. The fraction of sp³-hybridized carbons (Fsp3) is 0.600. The molecule has 1 unspecified atom stereocenters. The van der Waals surface area contributed by atoms with Crippen LogP contribution >= 0.6 is 0 Å². The summed E-state index contributed by atoms with van der Waals surface area (Å²) in [5.41, 5.74) is 1.17. The summed E-state index contributed by atoms with van der Waals surface area (Å²) in [7, 11) is 2.57. The molecule has 1 N–H and O–H groups in total. The van der Waals surface area contributed by atoms with Crippen LogP contribution in [0.15, 0.2) is 30.3 Å². The van der Waals surface area contributed by atoms with Gasteiger partial charge in [-0.25, -0.2) is 0 Å². The molecular weight excluding hydrogens is 270 g/mol. The highest BCUT2D eigenvalue weighted by Gasteiger charge is 2.41. The number of rotatable bonds is 10. The molecule has 5 heteroatoms. The fourth-order valence-corrected chi connectivity index (χ4v) is 4.22. The average molecular weight is 297 g/mol. The molecule has 0 fully saturated rings. The van der Waals surface area contributed by atoms with E-state index in [1.54, 1.807) is 14.2 Å². The molecule has 0 bridgehead atoms. The molecule has 0 aliphatic carbocycles. The Labute approximate surface area is 123 Å². The monoisotopic (exact) mass is 297 g/mol. The van der Waals surface area contributed by atoms with E-state index in [4.69, 9.17) is 13.3 Å². The Morgan fingerprint density at radius 2 is 1.80 bits per heavy atom. The van der Waals surface area contributed by atoms with Gasteiger partial charge in [0.1, 0.15) is 6.23 Å². The van der Waals surface area contributed by atoms with Gasteiger partial charge in [-0.2, -0.15) is 0 Å². The number of nitrogens with one attached hydrogen (secondary N) is 1. The van der Waals surface area contributed by atoms with Gasteiger partial charge < -0.3 is 13.3 Å². The van der Waals surface area contributed by atoms with E-state index in [1.165, 1.54) is 5.56 Å². The number of hydrogen-bond acceptors (Lipinski definition) is 4. The minimum atomic E-state index is -2.68. The smallest absolute Gasteiger partial charge is 0.377 e. The SMILES string of the molecule is CCCCC(NC)O[Si](Cc1ccccc1)(OC)OC. The van der Waals surface area contributed by atoms with Crippen molar-refractivity contribution in [2.75, 3.05) is 21.3 Å². The van der Waals surface area contributed by atoms with Crippen molar-refractivity contribution in [3.8, 4) is 0 Å².